The van der Waals surface area contributed by atoms with Gasteiger partial charge in [0.2, 0.25) is 11.8 Å². The van der Waals surface area contributed by atoms with Gasteiger partial charge in [0.25, 0.3) is 11.8 Å². The first-order valence-electron chi connectivity index (χ1n) is 9.90. The van der Waals surface area contributed by atoms with Crippen molar-refractivity contribution in [3.8, 4) is 11.6 Å². The maximum atomic E-state index is 12.8. The van der Waals surface area contributed by atoms with Crippen LogP contribution in [0.25, 0.3) is 11.6 Å². The van der Waals surface area contributed by atoms with Crippen molar-refractivity contribution in [3.05, 3.63) is 52.1 Å². The number of halogens is 1. The number of ether oxygens (including phenoxy) is 1. The molecule has 2 amide bonds. The summed E-state index contributed by atoms with van der Waals surface area (Å²) in [5.74, 6) is -4.15. The number of nitrogens with one attached hydrogen (secondary N) is 2. The molecule has 36 heavy (non-hydrogen) atoms. The third-order valence-corrected chi connectivity index (χ3v) is 4.93. The molecule has 0 fully saturated rings. The first-order chi connectivity index (χ1) is 17.2. The molecule has 15 nitrogen and oxygen atoms in total. The highest BCUT2D eigenvalue weighted by molar-refractivity contribution is 9.10. The number of carboxylic acid groups (broad SMARTS) is 1. The number of hydrogen-bond donors (Lipinski definition) is 5. The van der Waals surface area contributed by atoms with Crippen LogP contribution in [-0.2, 0) is 9.53 Å². The number of aliphatic carboxylic acids is 1. The van der Waals surface area contributed by atoms with Crippen LogP contribution < -0.4 is 10.6 Å². The minimum atomic E-state index is -1.57. The van der Waals surface area contributed by atoms with Crippen LogP contribution in [0, 0.1) is 0 Å². The molecule has 3 heterocycles. The van der Waals surface area contributed by atoms with Crippen LogP contribution in [0.5, 0.6) is 0 Å². The first kappa shape index (κ1) is 26.5. The third-order valence-electron chi connectivity index (χ3n) is 4.47. The van der Waals surface area contributed by atoms with E-state index in [9.17, 15) is 24.3 Å². The molecular formula is C20H18BrN5O10. The highest BCUT2D eigenvalue weighted by Gasteiger charge is 2.25. The zero-order chi connectivity index (χ0) is 26.4. The molecule has 0 saturated carbocycles. The molecule has 2 unspecified atom stereocenters. The van der Waals surface area contributed by atoms with Crippen LogP contribution in [0.2, 0.25) is 0 Å². The van der Waals surface area contributed by atoms with E-state index < -0.39 is 49.1 Å². The Balaban J connectivity index is 1.76. The van der Waals surface area contributed by atoms with E-state index in [0.717, 1.165) is 12.5 Å². The zero-order valence-corrected chi connectivity index (χ0v) is 19.9. The number of hydrogen-bond acceptors (Lipinski definition) is 12. The molecule has 190 valence electrons. The van der Waals surface area contributed by atoms with E-state index >= 15 is 0 Å². The Morgan fingerprint density at radius 2 is 1.64 bits per heavy atom. The van der Waals surface area contributed by atoms with Crippen LogP contribution in [0.1, 0.15) is 43.4 Å². The van der Waals surface area contributed by atoms with Crippen molar-refractivity contribution < 1.29 is 48.1 Å². The monoisotopic (exact) mass is 567 g/mol. The van der Waals surface area contributed by atoms with Crippen molar-refractivity contribution in [2.75, 3.05) is 20.3 Å². The smallest absolute Gasteiger partial charge is 0.360 e. The number of oxazole rings is 2. The van der Waals surface area contributed by atoms with Crippen LogP contribution in [0.15, 0.2) is 38.0 Å². The van der Waals surface area contributed by atoms with Gasteiger partial charge in [-0.3, -0.25) is 9.59 Å². The Morgan fingerprint density at radius 3 is 2.22 bits per heavy atom. The molecule has 0 aliphatic carbocycles. The van der Waals surface area contributed by atoms with Crippen molar-refractivity contribution >= 4 is 39.7 Å². The number of pyridine rings is 1. The summed E-state index contributed by atoms with van der Waals surface area (Å²) < 4.78 is 15.3. The van der Waals surface area contributed by atoms with Gasteiger partial charge in [0.1, 0.15) is 30.0 Å². The van der Waals surface area contributed by atoms with Gasteiger partial charge in [-0.25, -0.2) is 24.5 Å². The largest absolute Gasteiger partial charge is 0.480 e. The van der Waals surface area contributed by atoms with Gasteiger partial charge in [-0.2, -0.15) is 0 Å². The lowest BCUT2D eigenvalue weighted by Crippen LogP contribution is -2.43. The third kappa shape index (κ3) is 6.09. The Labute approximate surface area is 209 Å². The molecular weight excluding hydrogens is 550 g/mol. The standard InChI is InChI=1S/C20H18BrN5O10/c1-34-20(33)14-7-36-18(26-14)13-6-35-17(25-13)11(4-27)23-15(29)9-2-8(21)3-10(22-9)16(30)24-12(5-28)19(31)32/h2-3,6-7,11-12,27-28H,4-5H2,1H3,(H,23,29)(H,24,30)(H,31,32). The van der Waals surface area contributed by atoms with Gasteiger partial charge in [0.15, 0.2) is 17.4 Å². The number of carbonyl (C=O) groups is 4. The summed E-state index contributed by atoms with van der Waals surface area (Å²) in [6, 6.07) is -0.194. The number of carboxylic acids is 1. The van der Waals surface area contributed by atoms with Crippen LogP contribution in [0.3, 0.4) is 0 Å². The summed E-state index contributed by atoms with van der Waals surface area (Å²) in [5, 5.41) is 32.3. The number of esters is 1. The van der Waals surface area contributed by atoms with E-state index in [-0.39, 0.29) is 39.0 Å². The summed E-state index contributed by atoms with van der Waals surface area (Å²) in [6.45, 7) is -1.49. The summed E-state index contributed by atoms with van der Waals surface area (Å²) in [7, 11) is 1.18. The van der Waals surface area contributed by atoms with Gasteiger partial charge in [0, 0.05) is 4.47 Å². The second kappa shape index (κ2) is 11.5. The number of rotatable bonds is 10. The summed E-state index contributed by atoms with van der Waals surface area (Å²) in [5.41, 5.74) is -0.591. The second-order valence-electron chi connectivity index (χ2n) is 6.91. The molecule has 5 N–H and O–H groups in total. The molecule has 0 aliphatic rings. The zero-order valence-electron chi connectivity index (χ0n) is 18.3. The predicted molar refractivity (Wildman–Crippen MR) is 119 cm³/mol. The minimum Gasteiger partial charge on any atom is -0.480 e. The summed E-state index contributed by atoms with van der Waals surface area (Å²) in [4.78, 5) is 59.6. The Morgan fingerprint density at radius 1 is 0.972 bits per heavy atom. The van der Waals surface area contributed by atoms with Crippen molar-refractivity contribution in [3.63, 3.8) is 0 Å². The van der Waals surface area contributed by atoms with Crippen LogP contribution >= 0.6 is 15.9 Å². The maximum absolute atomic E-state index is 12.8. The topological polar surface area (TPSA) is 227 Å². The molecule has 0 saturated heterocycles. The van der Waals surface area contributed by atoms with E-state index in [1.54, 1.807) is 0 Å². The maximum Gasteiger partial charge on any atom is 0.360 e. The van der Waals surface area contributed by atoms with Crippen LogP contribution in [0.4, 0.5) is 0 Å². The minimum absolute atomic E-state index is 0.0692. The molecule has 0 radical (unpaired) electrons. The van der Waals surface area contributed by atoms with E-state index in [4.69, 9.17) is 19.0 Å². The van der Waals surface area contributed by atoms with Crippen molar-refractivity contribution in [1.29, 1.82) is 0 Å². The Bertz CT molecular complexity index is 1290. The molecule has 3 aromatic heterocycles. The van der Waals surface area contributed by atoms with Crippen molar-refractivity contribution in [2.24, 2.45) is 0 Å². The van der Waals surface area contributed by atoms with E-state index in [1.807, 2.05) is 0 Å². The fraction of sp³-hybridized carbons (Fsp3) is 0.250. The highest BCUT2D eigenvalue weighted by Crippen LogP contribution is 2.22. The van der Waals surface area contributed by atoms with Gasteiger partial charge >= 0.3 is 11.9 Å². The first-order valence-corrected chi connectivity index (χ1v) is 10.7. The van der Waals surface area contributed by atoms with E-state index in [2.05, 4.69) is 46.3 Å². The predicted octanol–water partition coefficient (Wildman–Crippen LogP) is -0.0876. The van der Waals surface area contributed by atoms with Crippen molar-refractivity contribution in [2.45, 2.75) is 12.1 Å². The molecule has 0 spiro atoms. The summed E-state index contributed by atoms with van der Waals surface area (Å²) in [6.07, 6.45) is 2.20. The summed E-state index contributed by atoms with van der Waals surface area (Å²) >= 11 is 3.14. The fourth-order valence-electron chi connectivity index (χ4n) is 2.70. The molecule has 0 aromatic carbocycles. The Hall–Kier alpha value is -4.15. The number of amides is 2. The number of methoxy groups -OCH3 is 1. The SMILES string of the molecule is COC(=O)c1coc(-c2coc(C(CO)NC(=O)c3cc(Br)cc(C(=O)NC(CO)C(=O)O)n3)n2)n1. The number of aliphatic hydroxyl groups is 2. The average molecular weight is 568 g/mol. The van der Waals surface area contributed by atoms with E-state index in [1.165, 1.54) is 19.2 Å². The average Bonchev–Trinajstić information content (AvgIpc) is 3.54. The van der Waals surface area contributed by atoms with Gasteiger partial charge in [0.05, 0.1) is 20.3 Å². The lowest BCUT2D eigenvalue weighted by molar-refractivity contribution is -0.140. The highest BCUT2D eigenvalue weighted by atomic mass is 79.9. The molecule has 0 aliphatic heterocycles. The second-order valence-corrected chi connectivity index (χ2v) is 7.83. The van der Waals surface area contributed by atoms with Gasteiger partial charge in [-0.15, -0.1) is 0 Å². The van der Waals surface area contributed by atoms with Crippen LogP contribution in [-0.4, -0.2) is 80.4 Å². The van der Waals surface area contributed by atoms with Gasteiger partial charge in [-0.1, -0.05) is 15.9 Å². The molecule has 3 rings (SSSR count). The van der Waals surface area contributed by atoms with Gasteiger partial charge in [-0.05, 0) is 12.1 Å². The lowest BCUT2D eigenvalue weighted by Gasteiger charge is -2.14. The molecule has 0 bridgehead atoms. The lowest BCUT2D eigenvalue weighted by atomic mass is 10.2. The molecule has 3 aromatic rings. The fourth-order valence-corrected chi connectivity index (χ4v) is 3.13. The normalized spacial score (nSPS) is 12.4. The number of nitrogens with zero attached hydrogens (tertiary/aromatic N) is 3. The number of carbonyl (C=O) groups excluding carboxylic acids is 3. The van der Waals surface area contributed by atoms with Gasteiger partial charge < -0.3 is 39.5 Å². The van der Waals surface area contributed by atoms with E-state index in [0.29, 0.717) is 0 Å². The Kier molecular flexibility index (Phi) is 8.46. The van der Waals surface area contributed by atoms with Crippen molar-refractivity contribution in [1.82, 2.24) is 25.6 Å². The molecule has 2 atom stereocenters. The quantitative estimate of drug-likeness (QED) is 0.202. The number of aliphatic hydroxyl groups excluding tert-OH is 2. The molecule has 16 heteroatoms. The number of aromatic nitrogens is 3.